The zero-order chi connectivity index (χ0) is 16.5. The number of aliphatic hydroxyl groups excluding tert-OH is 1. The maximum Gasteiger partial charge on any atom is 0.305 e. The molecule has 124 valence electrons. The number of aliphatic hydroxyl groups is 1. The topological polar surface area (TPSA) is 55.8 Å². The van der Waals surface area contributed by atoms with Crippen molar-refractivity contribution in [2.75, 3.05) is 19.1 Å². The van der Waals surface area contributed by atoms with Gasteiger partial charge in [0.15, 0.2) is 17.4 Å². The Kier molecular flexibility index (Phi) is 8.12. The largest absolute Gasteiger partial charge is 0.488 e. The molecule has 1 N–H and O–H groups in total. The summed E-state index contributed by atoms with van der Waals surface area (Å²) in [5.41, 5.74) is 0.0454. The number of esters is 1. The summed E-state index contributed by atoms with van der Waals surface area (Å²) in [5, 5.41) is 9.89. The number of carbonyl (C=O) groups is 1. The summed E-state index contributed by atoms with van der Waals surface area (Å²) in [6.45, 7) is 2.01. The summed E-state index contributed by atoms with van der Waals surface area (Å²) in [6.07, 6.45) is -0.717. The van der Waals surface area contributed by atoms with Crippen LogP contribution < -0.4 is 4.74 Å². The quantitative estimate of drug-likeness (QED) is 0.427. The molecule has 1 aromatic rings. The molecule has 0 bridgehead atoms. The lowest BCUT2D eigenvalue weighted by molar-refractivity contribution is -0.143. The summed E-state index contributed by atoms with van der Waals surface area (Å²) in [7, 11) is 0. The lowest BCUT2D eigenvalue weighted by Gasteiger charge is -2.13. The van der Waals surface area contributed by atoms with E-state index in [4.69, 9.17) is 21.1 Å². The Bertz CT molecular complexity index is 473. The monoisotopic (exact) mass is 336 g/mol. The molecule has 0 amide bonds. The van der Waals surface area contributed by atoms with Crippen LogP contribution in [-0.4, -0.2) is 30.2 Å². The summed E-state index contributed by atoms with van der Waals surface area (Å²) < 4.78 is 37.3. The standard InChI is InChI=1S/C15H19ClF2O4/c1-2-21-14(20)5-4-13(19)10-8-11(17)15(12(18)9-10)22-7-3-6-16/h8-9,13,19H,2-7H2,1H3. The highest BCUT2D eigenvalue weighted by atomic mass is 35.5. The lowest BCUT2D eigenvalue weighted by atomic mass is 10.0. The maximum atomic E-state index is 13.8. The first-order valence-corrected chi connectivity index (χ1v) is 7.54. The van der Waals surface area contributed by atoms with Crippen molar-refractivity contribution in [3.05, 3.63) is 29.3 Å². The first-order chi connectivity index (χ1) is 10.5. The molecule has 4 nitrogen and oxygen atoms in total. The highest BCUT2D eigenvalue weighted by Crippen LogP contribution is 2.28. The van der Waals surface area contributed by atoms with E-state index in [0.29, 0.717) is 12.3 Å². The van der Waals surface area contributed by atoms with Gasteiger partial charge in [0.25, 0.3) is 0 Å². The van der Waals surface area contributed by atoms with Gasteiger partial charge in [0.05, 0.1) is 19.3 Å². The van der Waals surface area contributed by atoms with Gasteiger partial charge in [-0.05, 0) is 37.5 Å². The van der Waals surface area contributed by atoms with E-state index in [1.165, 1.54) is 0 Å². The van der Waals surface area contributed by atoms with Gasteiger partial charge in [-0.1, -0.05) is 0 Å². The van der Waals surface area contributed by atoms with Gasteiger partial charge in [0, 0.05) is 12.3 Å². The lowest BCUT2D eigenvalue weighted by Crippen LogP contribution is -2.08. The predicted octanol–water partition coefficient (Wildman–Crippen LogP) is 3.35. The molecule has 0 aromatic heterocycles. The first kappa shape index (κ1) is 18.6. The van der Waals surface area contributed by atoms with Crippen molar-refractivity contribution in [3.8, 4) is 5.75 Å². The molecule has 0 fully saturated rings. The van der Waals surface area contributed by atoms with E-state index < -0.39 is 29.5 Å². The van der Waals surface area contributed by atoms with Gasteiger partial charge in [-0.2, -0.15) is 0 Å². The van der Waals surface area contributed by atoms with Gasteiger partial charge in [-0.15, -0.1) is 11.6 Å². The molecule has 1 unspecified atom stereocenters. The third-order valence-electron chi connectivity index (χ3n) is 2.86. The van der Waals surface area contributed by atoms with Crippen molar-refractivity contribution < 1.29 is 28.2 Å². The van der Waals surface area contributed by atoms with Crippen LogP contribution >= 0.6 is 11.6 Å². The fraction of sp³-hybridized carbons (Fsp3) is 0.533. The average Bonchev–Trinajstić information content (AvgIpc) is 2.47. The van der Waals surface area contributed by atoms with Crippen LogP contribution in [0, 0.1) is 11.6 Å². The smallest absolute Gasteiger partial charge is 0.305 e. The Morgan fingerprint density at radius 1 is 1.36 bits per heavy atom. The Morgan fingerprint density at radius 2 is 2.00 bits per heavy atom. The Morgan fingerprint density at radius 3 is 2.55 bits per heavy atom. The van der Waals surface area contributed by atoms with Crippen molar-refractivity contribution >= 4 is 17.6 Å². The summed E-state index contributed by atoms with van der Waals surface area (Å²) in [5.74, 6) is -2.44. The summed E-state index contributed by atoms with van der Waals surface area (Å²) >= 11 is 5.46. The molecular weight excluding hydrogens is 318 g/mol. The van der Waals surface area contributed by atoms with E-state index in [2.05, 4.69) is 0 Å². The van der Waals surface area contributed by atoms with Gasteiger partial charge in [0.2, 0.25) is 0 Å². The van der Waals surface area contributed by atoms with Crippen LogP contribution in [0.3, 0.4) is 0 Å². The predicted molar refractivity (Wildman–Crippen MR) is 78.0 cm³/mol. The minimum Gasteiger partial charge on any atom is -0.488 e. The van der Waals surface area contributed by atoms with Gasteiger partial charge < -0.3 is 14.6 Å². The molecule has 0 spiro atoms. The van der Waals surface area contributed by atoms with Crippen molar-refractivity contribution in [1.29, 1.82) is 0 Å². The summed E-state index contributed by atoms with van der Waals surface area (Å²) in [4.78, 5) is 11.2. The number of rotatable bonds is 9. The highest BCUT2D eigenvalue weighted by molar-refractivity contribution is 6.17. The summed E-state index contributed by atoms with van der Waals surface area (Å²) in [6, 6.07) is 1.99. The van der Waals surface area contributed by atoms with Crippen LogP contribution in [0.1, 0.15) is 37.9 Å². The van der Waals surface area contributed by atoms with Crippen LogP contribution in [0.25, 0.3) is 0 Å². The van der Waals surface area contributed by atoms with E-state index in [1.807, 2.05) is 0 Å². The number of halogens is 3. The van der Waals surface area contributed by atoms with Crippen molar-refractivity contribution in [1.82, 2.24) is 0 Å². The molecule has 0 radical (unpaired) electrons. The molecule has 1 aromatic carbocycles. The van der Waals surface area contributed by atoms with E-state index in [1.54, 1.807) is 6.92 Å². The zero-order valence-corrected chi connectivity index (χ0v) is 13.0. The minimum atomic E-state index is -1.16. The van der Waals surface area contributed by atoms with Crippen LogP contribution in [0.2, 0.25) is 0 Å². The normalized spacial score (nSPS) is 12.0. The molecule has 22 heavy (non-hydrogen) atoms. The molecule has 0 aliphatic carbocycles. The highest BCUT2D eigenvalue weighted by Gasteiger charge is 2.18. The number of alkyl halides is 1. The second kappa shape index (κ2) is 9.58. The molecular formula is C15H19ClF2O4. The first-order valence-electron chi connectivity index (χ1n) is 7.01. The van der Waals surface area contributed by atoms with Crippen molar-refractivity contribution in [2.24, 2.45) is 0 Å². The van der Waals surface area contributed by atoms with E-state index in [9.17, 15) is 18.7 Å². The third kappa shape index (κ3) is 5.77. The van der Waals surface area contributed by atoms with Gasteiger partial charge >= 0.3 is 5.97 Å². The minimum absolute atomic E-state index is 0.0180. The molecule has 1 atom stereocenters. The Hall–Kier alpha value is -1.40. The zero-order valence-electron chi connectivity index (χ0n) is 12.3. The third-order valence-corrected chi connectivity index (χ3v) is 3.12. The van der Waals surface area contributed by atoms with Crippen LogP contribution in [0.4, 0.5) is 8.78 Å². The number of hydrogen-bond donors (Lipinski definition) is 1. The average molecular weight is 337 g/mol. The number of ether oxygens (including phenoxy) is 2. The van der Waals surface area contributed by atoms with Gasteiger partial charge in [-0.25, -0.2) is 8.78 Å². The van der Waals surface area contributed by atoms with Crippen LogP contribution in [0.15, 0.2) is 12.1 Å². The van der Waals surface area contributed by atoms with E-state index >= 15 is 0 Å². The molecule has 0 saturated carbocycles. The molecule has 7 heteroatoms. The Balaban J connectivity index is 2.69. The molecule has 0 heterocycles. The van der Waals surface area contributed by atoms with Gasteiger partial charge in [0.1, 0.15) is 0 Å². The van der Waals surface area contributed by atoms with Gasteiger partial charge in [-0.3, -0.25) is 4.79 Å². The molecule has 0 saturated heterocycles. The van der Waals surface area contributed by atoms with E-state index in [0.717, 1.165) is 12.1 Å². The number of carbonyl (C=O) groups excluding carboxylic acids is 1. The van der Waals surface area contributed by atoms with E-state index in [-0.39, 0.29) is 31.6 Å². The second-order valence-electron chi connectivity index (χ2n) is 4.56. The Labute approximate surface area is 133 Å². The maximum absolute atomic E-state index is 13.8. The SMILES string of the molecule is CCOC(=O)CCC(O)c1cc(F)c(OCCCCl)c(F)c1. The number of benzene rings is 1. The van der Waals surface area contributed by atoms with Crippen molar-refractivity contribution in [3.63, 3.8) is 0 Å². The molecule has 0 aliphatic heterocycles. The fourth-order valence-electron chi connectivity index (χ4n) is 1.79. The number of hydrogen-bond acceptors (Lipinski definition) is 4. The van der Waals surface area contributed by atoms with Crippen LogP contribution in [0.5, 0.6) is 5.75 Å². The molecule has 1 rings (SSSR count). The van der Waals surface area contributed by atoms with Crippen molar-refractivity contribution in [2.45, 2.75) is 32.3 Å². The molecule has 0 aliphatic rings. The van der Waals surface area contributed by atoms with Crippen LogP contribution in [-0.2, 0) is 9.53 Å². The fourth-order valence-corrected chi connectivity index (χ4v) is 1.90. The second-order valence-corrected chi connectivity index (χ2v) is 4.94.